The summed E-state index contributed by atoms with van der Waals surface area (Å²) < 4.78 is 29.4. The maximum absolute atomic E-state index is 13.5. The SMILES string of the molecule is COc1ccc(C(=O)NCCSCc2ccccc2F)c(OC)c1OC. The highest BCUT2D eigenvalue weighted by Crippen LogP contribution is 2.39. The molecule has 5 nitrogen and oxygen atoms in total. The molecule has 0 fully saturated rings. The molecule has 0 heterocycles. The summed E-state index contributed by atoms with van der Waals surface area (Å²) in [4.78, 5) is 12.4. The molecule has 0 aliphatic rings. The first kappa shape index (κ1) is 19.9. The van der Waals surface area contributed by atoms with Crippen LogP contribution in [0.15, 0.2) is 36.4 Å². The molecule has 2 rings (SSSR count). The molecule has 0 unspecified atom stereocenters. The van der Waals surface area contributed by atoms with Gasteiger partial charge in [-0.25, -0.2) is 4.39 Å². The van der Waals surface area contributed by atoms with Crippen LogP contribution in [0.1, 0.15) is 15.9 Å². The van der Waals surface area contributed by atoms with E-state index in [-0.39, 0.29) is 11.7 Å². The second-order valence-electron chi connectivity index (χ2n) is 5.28. The van der Waals surface area contributed by atoms with Crippen LogP contribution >= 0.6 is 11.8 Å². The van der Waals surface area contributed by atoms with Gasteiger partial charge < -0.3 is 19.5 Å². The topological polar surface area (TPSA) is 56.8 Å². The van der Waals surface area contributed by atoms with E-state index in [0.717, 1.165) is 0 Å². The van der Waals surface area contributed by atoms with Gasteiger partial charge in [0.15, 0.2) is 11.5 Å². The standard InChI is InChI=1S/C19H22FNO4S/c1-23-16-9-8-14(17(24-2)18(16)25-3)19(22)21-10-11-26-12-13-6-4-5-7-15(13)20/h4-9H,10-12H2,1-3H3,(H,21,22). The number of halogens is 1. The third kappa shape index (κ3) is 4.82. The van der Waals surface area contributed by atoms with Crippen LogP contribution in [0.3, 0.4) is 0 Å². The lowest BCUT2D eigenvalue weighted by Gasteiger charge is -2.15. The summed E-state index contributed by atoms with van der Waals surface area (Å²) in [7, 11) is 4.48. The van der Waals surface area contributed by atoms with Crippen LogP contribution in [0.25, 0.3) is 0 Å². The lowest BCUT2D eigenvalue weighted by Crippen LogP contribution is -2.26. The van der Waals surface area contributed by atoms with E-state index in [1.54, 1.807) is 36.0 Å². The molecule has 0 atom stereocenters. The van der Waals surface area contributed by atoms with Crippen molar-refractivity contribution in [3.8, 4) is 17.2 Å². The number of thioether (sulfide) groups is 1. The number of carbonyl (C=O) groups excluding carboxylic acids is 1. The van der Waals surface area contributed by atoms with Crippen LogP contribution in [-0.4, -0.2) is 39.5 Å². The molecule has 0 saturated carbocycles. The number of nitrogens with one attached hydrogen (secondary N) is 1. The van der Waals surface area contributed by atoms with Gasteiger partial charge in [-0.05, 0) is 23.8 Å². The fraction of sp³-hybridized carbons (Fsp3) is 0.316. The van der Waals surface area contributed by atoms with Crippen molar-refractivity contribution in [2.75, 3.05) is 33.6 Å². The van der Waals surface area contributed by atoms with Gasteiger partial charge >= 0.3 is 0 Å². The molecule has 0 saturated heterocycles. The lowest BCUT2D eigenvalue weighted by molar-refractivity contribution is 0.0952. The van der Waals surface area contributed by atoms with Crippen LogP contribution in [0.5, 0.6) is 17.2 Å². The molecule has 0 radical (unpaired) electrons. The van der Waals surface area contributed by atoms with Crippen molar-refractivity contribution in [3.63, 3.8) is 0 Å². The Morgan fingerprint density at radius 1 is 1.04 bits per heavy atom. The molecular weight excluding hydrogens is 357 g/mol. The van der Waals surface area contributed by atoms with Gasteiger partial charge in [-0.15, -0.1) is 0 Å². The first-order valence-electron chi connectivity index (χ1n) is 8.00. The molecule has 140 valence electrons. The van der Waals surface area contributed by atoms with Crippen molar-refractivity contribution < 1.29 is 23.4 Å². The molecule has 0 aliphatic heterocycles. The van der Waals surface area contributed by atoms with E-state index in [2.05, 4.69) is 5.32 Å². The summed E-state index contributed by atoms with van der Waals surface area (Å²) in [6.07, 6.45) is 0. The van der Waals surface area contributed by atoms with Crippen molar-refractivity contribution in [1.29, 1.82) is 0 Å². The van der Waals surface area contributed by atoms with Gasteiger partial charge in [0, 0.05) is 18.1 Å². The smallest absolute Gasteiger partial charge is 0.255 e. The first-order chi connectivity index (χ1) is 12.6. The number of ether oxygens (including phenoxy) is 3. The normalized spacial score (nSPS) is 10.3. The maximum Gasteiger partial charge on any atom is 0.255 e. The molecule has 0 spiro atoms. The quantitative estimate of drug-likeness (QED) is 0.676. The minimum absolute atomic E-state index is 0.209. The zero-order chi connectivity index (χ0) is 18.9. The van der Waals surface area contributed by atoms with Gasteiger partial charge in [-0.1, -0.05) is 18.2 Å². The zero-order valence-corrected chi connectivity index (χ0v) is 15.8. The summed E-state index contributed by atoms with van der Waals surface area (Å²) in [5, 5.41) is 2.83. The Morgan fingerprint density at radius 3 is 2.42 bits per heavy atom. The second kappa shape index (κ2) is 9.91. The third-order valence-corrected chi connectivity index (χ3v) is 4.70. The summed E-state index contributed by atoms with van der Waals surface area (Å²) >= 11 is 1.55. The molecule has 2 aromatic carbocycles. The Morgan fingerprint density at radius 2 is 1.77 bits per heavy atom. The number of amides is 1. The maximum atomic E-state index is 13.5. The Kier molecular flexibility index (Phi) is 7.59. The minimum Gasteiger partial charge on any atom is -0.493 e. The van der Waals surface area contributed by atoms with Crippen LogP contribution in [0.2, 0.25) is 0 Å². The van der Waals surface area contributed by atoms with E-state index in [1.165, 1.54) is 27.4 Å². The largest absolute Gasteiger partial charge is 0.493 e. The Balaban J connectivity index is 1.91. The van der Waals surface area contributed by atoms with Crippen LogP contribution < -0.4 is 19.5 Å². The molecule has 1 N–H and O–H groups in total. The highest BCUT2D eigenvalue weighted by atomic mass is 32.2. The predicted molar refractivity (Wildman–Crippen MR) is 101 cm³/mol. The fourth-order valence-corrected chi connectivity index (χ4v) is 3.25. The Bertz CT molecular complexity index is 754. The number of hydrogen-bond donors (Lipinski definition) is 1. The van der Waals surface area contributed by atoms with E-state index < -0.39 is 0 Å². The average Bonchev–Trinajstić information content (AvgIpc) is 2.67. The van der Waals surface area contributed by atoms with Crippen molar-refractivity contribution in [3.05, 3.63) is 53.3 Å². The van der Waals surface area contributed by atoms with Gasteiger partial charge in [0.25, 0.3) is 5.91 Å². The Hall–Kier alpha value is -2.41. The van der Waals surface area contributed by atoms with Gasteiger partial charge in [0.1, 0.15) is 5.82 Å². The van der Waals surface area contributed by atoms with E-state index in [1.807, 2.05) is 6.07 Å². The number of benzene rings is 2. The molecule has 0 aromatic heterocycles. The van der Waals surface area contributed by atoms with Crippen molar-refractivity contribution in [2.45, 2.75) is 5.75 Å². The van der Waals surface area contributed by atoms with Crippen LogP contribution in [0, 0.1) is 5.82 Å². The second-order valence-corrected chi connectivity index (χ2v) is 6.39. The van der Waals surface area contributed by atoms with E-state index in [4.69, 9.17) is 14.2 Å². The lowest BCUT2D eigenvalue weighted by atomic mass is 10.1. The zero-order valence-electron chi connectivity index (χ0n) is 15.0. The predicted octanol–water partition coefficient (Wildman–Crippen LogP) is 3.51. The molecule has 26 heavy (non-hydrogen) atoms. The summed E-state index contributed by atoms with van der Waals surface area (Å²) in [5.74, 6) is 1.92. The highest BCUT2D eigenvalue weighted by molar-refractivity contribution is 7.98. The van der Waals surface area contributed by atoms with Gasteiger partial charge in [-0.3, -0.25) is 4.79 Å². The number of hydrogen-bond acceptors (Lipinski definition) is 5. The van der Waals surface area contributed by atoms with Gasteiger partial charge in [0.2, 0.25) is 5.75 Å². The van der Waals surface area contributed by atoms with Crippen LogP contribution in [0.4, 0.5) is 4.39 Å². The molecule has 0 aliphatic carbocycles. The number of rotatable bonds is 9. The third-order valence-electron chi connectivity index (χ3n) is 3.70. The number of methoxy groups -OCH3 is 3. The van der Waals surface area contributed by atoms with E-state index in [0.29, 0.717) is 46.4 Å². The summed E-state index contributed by atoms with van der Waals surface area (Å²) in [6.45, 7) is 0.454. The van der Waals surface area contributed by atoms with Crippen LogP contribution in [-0.2, 0) is 5.75 Å². The monoisotopic (exact) mass is 379 g/mol. The van der Waals surface area contributed by atoms with Crippen molar-refractivity contribution in [2.24, 2.45) is 0 Å². The van der Waals surface area contributed by atoms with E-state index >= 15 is 0 Å². The molecule has 7 heteroatoms. The highest BCUT2D eigenvalue weighted by Gasteiger charge is 2.20. The summed E-state index contributed by atoms with van der Waals surface area (Å²) in [6, 6.07) is 9.96. The van der Waals surface area contributed by atoms with Crippen molar-refractivity contribution >= 4 is 17.7 Å². The van der Waals surface area contributed by atoms with Gasteiger partial charge in [0.05, 0.1) is 26.9 Å². The molecule has 1 amide bonds. The number of carbonyl (C=O) groups is 1. The molecular formula is C19H22FNO4S. The van der Waals surface area contributed by atoms with Gasteiger partial charge in [-0.2, -0.15) is 11.8 Å². The van der Waals surface area contributed by atoms with E-state index in [9.17, 15) is 9.18 Å². The molecule has 2 aromatic rings. The Labute approximate surface area is 156 Å². The summed E-state index contributed by atoms with van der Waals surface area (Å²) in [5.41, 5.74) is 1.02. The fourth-order valence-electron chi connectivity index (χ4n) is 2.41. The molecule has 0 bridgehead atoms. The average molecular weight is 379 g/mol. The first-order valence-corrected chi connectivity index (χ1v) is 9.16. The van der Waals surface area contributed by atoms with Crippen molar-refractivity contribution in [1.82, 2.24) is 5.32 Å². The minimum atomic E-state index is -0.269.